The van der Waals surface area contributed by atoms with Crippen LogP contribution in [0.5, 0.6) is 0 Å². The SMILES string of the molecule is N#C/C(=C(/O)COC(=O)c1ccccc1-n1cnnn1)c1nc2ccccc2[nH]1. The van der Waals surface area contributed by atoms with E-state index in [1.54, 1.807) is 36.4 Å². The van der Waals surface area contributed by atoms with Crippen molar-refractivity contribution >= 4 is 22.6 Å². The van der Waals surface area contributed by atoms with Gasteiger partial charge in [0, 0.05) is 0 Å². The lowest BCUT2D eigenvalue weighted by Crippen LogP contribution is -2.12. The zero-order valence-electron chi connectivity index (χ0n) is 14.9. The van der Waals surface area contributed by atoms with Gasteiger partial charge >= 0.3 is 5.97 Å². The summed E-state index contributed by atoms with van der Waals surface area (Å²) in [4.78, 5) is 19.7. The first-order chi connectivity index (χ1) is 14.2. The van der Waals surface area contributed by atoms with Crippen LogP contribution in [-0.4, -0.2) is 47.9 Å². The van der Waals surface area contributed by atoms with Crippen molar-refractivity contribution in [3.05, 3.63) is 72.0 Å². The lowest BCUT2D eigenvalue weighted by atomic mass is 10.2. The first-order valence-corrected chi connectivity index (χ1v) is 8.44. The van der Waals surface area contributed by atoms with Gasteiger partial charge in [-0.3, -0.25) is 0 Å². The van der Waals surface area contributed by atoms with E-state index in [4.69, 9.17) is 4.74 Å². The van der Waals surface area contributed by atoms with Gasteiger partial charge in [-0.15, -0.1) is 5.10 Å². The highest BCUT2D eigenvalue weighted by molar-refractivity contribution is 5.93. The van der Waals surface area contributed by atoms with Crippen molar-refractivity contribution < 1.29 is 14.6 Å². The standard InChI is InChI=1S/C19H13N7O3/c20-9-13(18-22-14-6-2-3-7-15(14)23-18)17(27)10-29-19(28)12-5-1-4-8-16(12)26-11-21-24-25-26/h1-8,11,27H,10H2,(H,22,23)/b17-13-. The molecule has 0 fully saturated rings. The van der Waals surface area contributed by atoms with Crippen molar-refractivity contribution in [2.45, 2.75) is 0 Å². The predicted molar refractivity (Wildman–Crippen MR) is 101 cm³/mol. The molecule has 0 aliphatic carbocycles. The number of esters is 1. The normalized spacial score (nSPS) is 11.7. The number of ether oxygens (including phenoxy) is 1. The average Bonchev–Trinajstić information content (AvgIpc) is 3.42. The van der Waals surface area contributed by atoms with Crippen LogP contribution in [0.3, 0.4) is 0 Å². The summed E-state index contributed by atoms with van der Waals surface area (Å²) in [6.07, 6.45) is 1.35. The summed E-state index contributed by atoms with van der Waals surface area (Å²) in [5.41, 5.74) is 1.88. The Morgan fingerprint density at radius 2 is 2.00 bits per heavy atom. The Morgan fingerprint density at radius 1 is 1.21 bits per heavy atom. The predicted octanol–water partition coefficient (Wildman–Crippen LogP) is 2.19. The molecule has 10 nitrogen and oxygen atoms in total. The Morgan fingerprint density at radius 3 is 2.76 bits per heavy atom. The quantitative estimate of drug-likeness (QED) is 0.301. The molecule has 0 saturated carbocycles. The van der Waals surface area contributed by atoms with E-state index in [9.17, 15) is 15.2 Å². The second kappa shape index (κ2) is 7.61. The van der Waals surface area contributed by atoms with Gasteiger partial charge in [0.05, 0.1) is 22.3 Å². The number of carbonyl (C=O) groups is 1. The molecule has 2 heterocycles. The molecule has 0 spiro atoms. The van der Waals surface area contributed by atoms with E-state index in [-0.39, 0.29) is 17.0 Å². The number of aromatic nitrogens is 6. The molecule has 29 heavy (non-hydrogen) atoms. The molecule has 4 rings (SSSR count). The number of nitrogens with zero attached hydrogens (tertiary/aromatic N) is 6. The van der Waals surface area contributed by atoms with E-state index in [2.05, 4.69) is 25.5 Å². The molecule has 0 aliphatic rings. The third-order valence-corrected chi connectivity index (χ3v) is 4.09. The van der Waals surface area contributed by atoms with Crippen molar-refractivity contribution in [3.63, 3.8) is 0 Å². The number of nitriles is 1. The highest BCUT2D eigenvalue weighted by Gasteiger charge is 2.18. The molecule has 2 aromatic carbocycles. The number of allylic oxidation sites excluding steroid dienone is 1. The van der Waals surface area contributed by atoms with Crippen LogP contribution in [0.15, 0.2) is 60.6 Å². The molecule has 2 N–H and O–H groups in total. The molecular formula is C19H13N7O3. The van der Waals surface area contributed by atoms with Gasteiger partial charge in [0.15, 0.2) is 11.6 Å². The molecule has 0 amide bonds. The number of aliphatic hydroxyl groups excluding tert-OH is 1. The third-order valence-electron chi connectivity index (χ3n) is 4.09. The Labute approximate surface area is 163 Å². The number of rotatable bonds is 5. The Bertz CT molecular complexity index is 1220. The van der Waals surface area contributed by atoms with E-state index in [0.29, 0.717) is 11.2 Å². The zero-order chi connectivity index (χ0) is 20.2. The topological polar surface area (TPSA) is 143 Å². The van der Waals surface area contributed by atoms with Gasteiger partial charge in [0.1, 0.15) is 24.6 Å². The average molecular weight is 387 g/mol. The number of hydrogen-bond donors (Lipinski definition) is 2. The number of hydrogen-bond acceptors (Lipinski definition) is 8. The minimum atomic E-state index is -0.704. The number of fused-ring (bicyclic) bond motifs is 1. The van der Waals surface area contributed by atoms with Gasteiger partial charge in [0.25, 0.3) is 0 Å². The fourth-order valence-electron chi connectivity index (χ4n) is 2.73. The molecule has 0 unspecified atom stereocenters. The molecular weight excluding hydrogens is 374 g/mol. The van der Waals surface area contributed by atoms with Gasteiger partial charge in [-0.05, 0) is 34.7 Å². The van der Waals surface area contributed by atoms with Gasteiger partial charge in [-0.25, -0.2) is 9.78 Å². The summed E-state index contributed by atoms with van der Waals surface area (Å²) in [6, 6.07) is 15.7. The van der Waals surface area contributed by atoms with E-state index in [1.165, 1.54) is 11.0 Å². The monoisotopic (exact) mass is 387 g/mol. The largest absolute Gasteiger partial charge is 0.507 e. The van der Waals surface area contributed by atoms with E-state index in [1.807, 2.05) is 18.2 Å². The number of benzene rings is 2. The maximum atomic E-state index is 12.5. The van der Waals surface area contributed by atoms with Crippen LogP contribution in [0, 0.1) is 11.3 Å². The lowest BCUT2D eigenvalue weighted by Gasteiger charge is -2.09. The summed E-state index contributed by atoms with van der Waals surface area (Å²) in [5.74, 6) is -0.930. The highest BCUT2D eigenvalue weighted by Crippen LogP contribution is 2.19. The minimum Gasteiger partial charge on any atom is -0.507 e. The van der Waals surface area contributed by atoms with E-state index >= 15 is 0 Å². The Balaban J connectivity index is 1.56. The Kier molecular flexibility index (Phi) is 4.69. The number of nitrogens with one attached hydrogen (secondary N) is 1. The Hall–Kier alpha value is -4.52. The van der Waals surface area contributed by atoms with Crippen LogP contribution in [0.2, 0.25) is 0 Å². The third kappa shape index (κ3) is 3.52. The first-order valence-electron chi connectivity index (χ1n) is 8.44. The summed E-state index contributed by atoms with van der Waals surface area (Å²) in [7, 11) is 0. The number of imidazole rings is 1. The van der Waals surface area contributed by atoms with Crippen LogP contribution in [0.25, 0.3) is 22.3 Å². The first kappa shape index (κ1) is 17.9. The van der Waals surface area contributed by atoms with Crippen LogP contribution in [0.1, 0.15) is 16.2 Å². The van der Waals surface area contributed by atoms with Gasteiger partial charge in [-0.1, -0.05) is 24.3 Å². The summed E-state index contributed by atoms with van der Waals surface area (Å²) < 4.78 is 6.51. The maximum absolute atomic E-state index is 12.5. The van der Waals surface area contributed by atoms with Crippen LogP contribution in [-0.2, 0) is 4.74 Å². The van der Waals surface area contributed by atoms with E-state index < -0.39 is 18.3 Å². The molecule has 0 radical (unpaired) electrons. The molecule has 10 heteroatoms. The number of carbonyl (C=O) groups excluding carboxylic acids is 1. The summed E-state index contributed by atoms with van der Waals surface area (Å²) in [6.45, 7) is -0.497. The highest BCUT2D eigenvalue weighted by atomic mass is 16.5. The number of aromatic amines is 1. The van der Waals surface area contributed by atoms with Gasteiger partial charge in [0.2, 0.25) is 0 Å². The van der Waals surface area contributed by atoms with Crippen molar-refractivity contribution in [1.82, 2.24) is 30.2 Å². The van der Waals surface area contributed by atoms with Crippen molar-refractivity contribution in [3.8, 4) is 11.8 Å². The zero-order valence-corrected chi connectivity index (χ0v) is 14.9. The number of aliphatic hydroxyl groups is 1. The molecule has 0 bridgehead atoms. The maximum Gasteiger partial charge on any atom is 0.340 e. The summed E-state index contributed by atoms with van der Waals surface area (Å²) in [5, 5.41) is 30.6. The van der Waals surface area contributed by atoms with Crippen molar-refractivity contribution in [2.75, 3.05) is 6.61 Å². The molecule has 0 aliphatic heterocycles. The molecule has 0 atom stereocenters. The van der Waals surface area contributed by atoms with Crippen LogP contribution >= 0.6 is 0 Å². The minimum absolute atomic E-state index is 0.109. The van der Waals surface area contributed by atoms with Crippen molar-refractivity contribution in [2.24, 2.45) is 0 Å². The van der Waals surface area contributed by atoms with Gasteiger partial charge in [-0.2, -0.15) is 9.94 Å². The second-order valence-electron chi connectivity index (χ2n) is 5.88. The van der Waals surface area contributed by atoms with Gasteiger partial charge < -0.3 is 14.8 Å². The van der Waals surface area contributed by atoms with E-state index in [0.717, 1.165) is 5.52 Å². The van der Waals surface area contributed by atoms with Crippen LogP contribution in [0.4, 0.5) is 0 Å². The molecule has 142 valence electrons. The number of tetrazole rings is 1. The molecule has 4 aromatic rings. The van der Waals surface area contributed by atoms with Crippen molar-refractivity contribution in [1.29, 1.82) is 5.26 Å². The molecule has 0 saturated heterocycles. The number of para-hydroxylation sites is 3. The smallest absolute Gasteiger partial charge is 0.340 e. The number of H-pyrrole nitrogens is 1. The lowest BCUT2D eigenvalue weighted by molar-refractivity contribution is 0.0502. The van der Waals surface area contributed by atoms with Crippen LogP contribution < -0.4 is 0 Å². The summed E-state index contributed by atoms with van der Waals surface area (Å²) >= 11 is 0. The fraction of sp³-hybridized carbons (Fsp3) is 0.0526. The fourth-order valence-corrected chi connectivity index (χ4v) is 2.73. The second-order valence-corrected chi connectivity index (χ2v) is 5.88. The molecule has 2 aromatic heterocycles.